The molecule has 0 bridgehead atoms. The summed E-state index contributed by atoms with van der Waals surface area (Å²) >= 11 is 0. The summed E-state index contributed by atoms with van der Waals surface area (Å²) in [7, 11) is 1.62. The Bertz CT molecular complexity index is 899. The molecule has 1 aliphatic carbocycles. The van der Waals surface area contributed by atoms with Crippen LogP contribution in [-0.2, 0) is 4.74 Å². The van der Waals surface area contributed by atoms with E-state index in [0.717, 1.165) is 60.9 Å². The number of ether oxygens (including phenoxy) is 2. The van der Waals surface area contributed by atoms with Crippen LogP contribution >= 0.6 is 0 Å². The number of rotatable bonds is 6. The molecule has 7 nitrogen and oxygen atoms in total. The Morgan fingerprint density at radius 2 is 1.97 bits per heavy atom. The first-order valence-corrected chi connectivity index (χ1v) is 10.4. The Kier molecular flexibility index (Phi) is 6.80. The Morgan fingerprint density at radius 3 is 2.60 bits per heavy atom. The van der Waals surface area contributed by atoms with Gasteiger partial charge in [-0.1, -0.05) is 0 Å². The number of benzene rings is 1. The molecule has 1 aromatic carbocycles. The van der Waals surface area contributed by atoms with E-state index in [1.165, 1.54) is 0 Å². The summed E-state index contributed by atoms with van der Waals surface area (Å²) < 4.78 is 10.7. The maximum absolute atomic E-state index is 12.0. The Morgan fingerprint density at radius 1 is 1.23 bits per heavy atom. The van der Waals surface area contributed by atoms with Crippen molar-refractivity contribution in [1.29, 1.82) is 0 Å². The van der Waals surface area contributed by atoms with Gasteiger partial charge in [-0.25, -0.2) is 4.79 Å². The predicted octanol–water partition coefficient (Wildman–Crippen LogP) is 4.55. The zero-order valence-corrected chi connectivity index (χ0v) is 18.2. The van der Waals surface area contributed by atoms with Gasteiger partial charge in [-0.2, -0.15) is 0 Å². The molecule has 0 unspecified atom stereocenters. The minimum atomic E-state index is -0.489. The van der Waals surface area contributed by atoms with Gasteiger partial charge in [0.05, 0.1) is 23.9 Å². The van der Waals surface area contributed by atoms with Crippen molar-refractivity contribution < 1.29 is 19.1 Å². The van der Waals surface area contributed by atoms with Crippen LogP contribution < -0.4 is 15.4 Å². The standard InChI is InChI=1S/C23H31N3O4/c1-23(2,3)30-22(28)26-17-7-5-15(6-8-17)12-25-21-16(14-27)13-24-20-10-9-18(29-4)11-19(20)21/h9-11,13-15,17H,5-8,12H2,1-4H3,(H,24,25)(H,26,28). The number of fused-ring (bicyclic) bond motifs is 1. The van der Waals surface area contributed by atoms with Crippen LogP contribution in [0.2, 0.25) is 0 Å². The smallest absolute Gasteiger partial charge is 0.407 e. The lowest BCUT2D eigenvalue weighted by Crippen LogP contribution is -2.41. The molecule has 162 valence electrons. The number of nitrogens with one attached hydrogen (secondary N) is 2. The Balaban J connectivity index is 1.60. The van der Waals surface area contributed by atoms with Gasteiger partial charge in [0, 0.05) is 24.2 Å². The summed E-state index contributed by atoms with van der Waals surface area (Å²) in [6, 6.07) is 5.80. The molecule has 2 N–H and O–H groups in total. The van der Waals surface area contributed by atoms with Crippen LogP contribution in [0.25, 0.3) is 10.9 Å². The second-order valence-electron chi connectivity index (χ2n) is 8.83. The molecular formula is C23H31N3O4. The van der Waals surface area contributed by atoms with E-state index in [9.17, 15) is 9.59 Å². The number of pyridine rings is 1. The third-order valence-electron chi connectivity index (χ3n) is 5.37. The average molecular weight is 414 g/mol. The second kappa shape index (κ2) is 9.32. The molecule has 30 heavy (non-hydrogen) atoms. The van der Waals surface area contributed by atoms with Crippen LogP contribution in [0, 0.1) is 5.92 Å². The van der Waals surface area contributed by atoms with Crippen molar-refractivity contribution in [2.45, 2.75) is 58.1 Å². The van der Waals surface area contributed by atoms with E-state index in [1.54, 1.807) is 13.3 Å². The molecule has 1 heterocycles. The quantitative estimate of drug-likeness (QED) is 0.675. The lowest BCUT2D eigenvalue weighted by atomic mass is 9.86. The number of methoxy groups -OCH3 is 1. The number of anilines is 1. The molecule has 0 atom stereocenters. The van der Waals surface area contributed by atoms with E-state index in [-0.39, 0.29) is 12.1 Å². The van der Waals surface area contributed by atoms with Crippen molar-refractivity contribution in [2.24, 2.45) is 5.92 Å². The Hall–Kier alpha value is -2.83. The van der Waals surface area contributed by atoms with Gasteiger partial charge in [0.15, 0.2) is 6.29 Å². The molecule has 3 rings (SSSR count). The largest absolute Gasteiger partial charge is 0.497 e. The van der Waals surface area contributed by atoms with Crippen LogP contribution in [0.3, 0.4) is 0 Å². The number of amides is 1. The van der Waals surface area contributed by atoms with Crippen LogP contribution in [0.5, 0.6) is 5.75 Å². The molecule has 0 aliphatic heterocycles. The fourth-order valence-electron chi connectivity index (χ4n) is 3.83. The molecule has 1 aromatic heterocycles. The molecule has 7 heteroatoms. The summed E-state index contributed by atoms with van der Waals surface area (Å²) in [5, 5.41) is 7.33. The SMILES string of the molecule is COc1ccc2ncc(C=O)c(NCC3CCC(NC(=O)OC(C)(C)C)CC3)c2c1. The molecule has 0 saturated heterocycles. The predicted molar refractivity (Wildman–Crippen MR) is 117 cm³/mol. The maximum atomic E-state index is 12.0. The molecule has 1 aliphatic rings. The summed E-state index contributed by atoms with van der Waals surface area (Å²) in [6.07, 6.45) is 5.90. The zero-order valence-electron chi connectivity index (χ0n) is 18.2. The van der Waals surface area contributed by atoms with Crippen LogP contribution in [0.1, 0.15) is 56.8 Å². The topological polar surface area (TPSA) is 89.5 Å². The monoisotopic (exact) mass is 413 g/mol. The Labute approximate surface area is 177 Å². The highest BCUT2D eigenvalue weighted by atomic mass is 16.6. The minimum absolute atomic E-state index is 0.146. The van der Waals surface area contributed by atoms with Crippen LogP contribution in [-0.4, -0.2) is 42.7 Å². The van der Waals surface area contributed by atoms with Gasteiger partial charge in [-0.3, -0.25) is 9.78 Å². The first kappa shape index (κ1) is 21.9. The number of alkyl carbamates (subject to hydrolysis) is 1. The molecule has 1 saturated carbocycles. The third-order valence-corrected chi connectivity index (χ3v) is 5.37. The van der Waals surface area contributed by atoms with Crippen molar-refractivity contribution in [3.8, 4) is 5.75 Å². The lowest BCUT2D eigenvalue weighted by molar-refractivity contribution is 0.0488. The molecule has 0 radical (unpaired) electrons. The number of aromatic nitrogens is 1. The zero-order chi connectivity index (χ0) is 21.7. The number of hydrogen-bond acceptors (Lipinski definition) is 6. The van der Waals surface area contributed by atoms with Gasteiger partial charge in [0.1, 0.15) is 11.4 Å². The van der Waals surface area contributed by atoms with E-state index < -0.39 is 5.60 Å². The number of carbonyl (C=O) groups is 2. The summed E-state index contributed by atoms with van der Waals surface area (Å²) in [5.41, 5.74) is 1.66. The molecular weight excluding hydrogens is 382 g/mol. The van der Waals surface area contributed by atoms with E-state index in [1.807, 2.05) is 39.0 Å². The van der Waals surface area contributed by atoms with Crippen molar-refractivity contribution in [3.63, 3.8) is 0 Å². The first-order valence-electron chi connectivity index (χ1n) is 10.4. The molecule has 1 amide bonds. The molecule has 1 fully saturated rings. The second-order valence-corrected chi connectivity index (χ2v) is 8.83. The van der Waals surface area contributed by atoms with Crippen molar-refractivity contribution >= 4 is 29.0 Å². The third kappa shape index (κ3) is 5.62. The highest BCUT2D eigenvalue weighted by Crippen LogP contribution is 2.30. The fraction of sp³-hybridized carbons (Fsp3) is 0.522. The number of hydrogen-bond donors (Lipinski definition) is 2. The number of aldehydes is 1. The summed E-state index contributed by atoms with van der Waals surface area (Å²) in [4.78, 5) is 27.9. The van der Waals surface area contributed by atoms with Crippen molar-refractivity contribution in [3.05, 3.63) is 30.0 Å². The number of nitrogens with zero attached hydrogens (tertiary/aromatic N) is 1. The molecule has 0 spiro atoms. The summed E-state index contributed by atoms with van der Waals surface area (Å²) in [6.45, 7) is 6.35. The van der Waals surface area contributed by atoms with E-state index in [2.05, 4.69) is 15.6 Å². The van der Waals surface area contributed by atoms with Gasteiger partial charge in [0.2, 0.25) is 0 Å². The van der Waals surface area contributed by atoms with Gasteiger partial charge in [0.25, 0.3) is 0 Å². The van der Waals surface area contributed by atoms with E-state index in [4.69, 9.17) is 9.47 Å². The first-order chi connectivity index (χ1) is 14.3. The van der Waals surface area contributed by atoms with Crippen molar-refractivity contribution in [2.75, 3.05) is 19.0 Å². The normalized spacial score (nSPS) is 19.2. The van der Waals surface area contributed by atoms with Gasteiger partial charge >= 0.3 is 6.09 Å². The van der Waals surface area contributed by atoms with Crippen molar-refractivity contribution in [1.82, 2.24) is 10.3 Å². The fourth-order valence-corrected chi connectivity index (χ4v) is 3.83. The van der Waals surface area contributed by atoms with Crippen LogP contribution in [0.4, 0.5) is 10.5 Å². The van der Waals surface area contributed by atoms with Gasteiger partial charge in [-0.15, -0.1) is 0 Å². The van der Waals surface area contributed by atoms with E-state index >= 15 is 0 Å². The highest BCUT2D eigenvalue weighted by molar-refractivity contribution is 6.00. The van der Waals surface area contributed by atoms with E-state index in [0.29, 0.717) is 11.5 Å². The lowest BCUT2D eigenvalue weighted by Gasteiger charge is -2.30. The average Bonchev–Trinajstić information content (AvgIpc) is 2.71. The highest BCUT2D eigenvalue weighted by Gasteiger charge is 2.25. The van der Waals surface area contributed by atoms with Gasteiger partial charge < -0.3 is 20.1 Å². The maximum Gasteiger partial charge on any atom is 0.407 e. The minimum Gasteiger partial charge on any atom is -0.497 e. The number of carbonyl (C=O) groups excluding carboxylic acids is 2. The van der Waals surface area contributed by atoms with Crippen LogP contribution in [0.15, 0.2) is 24.4 Å². The van der Waals surface area contributed by atoms with Gasteiger partial charge in [-0.05, 0) is 70.6 Å². The summed E-state index contributed by atoms with van der Waals surface area (Å²) in [5.74, 6) is 1.19. The molecule has 2 aromatic rings.